The van der Waals surface area contributed by atoms with E-state index in [0.29, 0.717) is 62.8 Å². The Bertz CT molecular complexity index is 909. The molecule has 34 heavy (non-hydrogen) atoms. The highest BCUT2D eigenvalue weighted by atomic mass is 16.5. The van der Waals surface area contributed by atoms with Crippen molar-refractivity contribution in [3.8, 4) is 5.75 Å². The number of rotatable bonds is 8. The number of methoxy groups -OCH3 is 1. The summed E-state index contributed by atoms with van der Waals surface area (Å²) in [5.41, 5.74) is 1.84. The standard InChI is InChI=1S/C24H35N5O5/c1-5-25-23(31)28-14-12-27(13-15-28)16-19-20(22(30)34-7-3)21(26-24(32)29(19)6-2)17-8-10-18(33-4)11-9-17/h8-11,21H,5-7,12-16H2,1-4H3,(H,25,31)(H,26,32). The fourth-order valence-electron chi connectivity index (χ4n) is 4.29. The lowest BCUT2D eigenvalue weighted by molar-refractivity contribution is -0.139. The molecule has 10 nitrogen and oxygen atoms in total. The maximum absolute atomic E-state index is 13.2. The van der Waals surface area contributed by atoms with Crippen LogP contribution in [0.4, 0.5) is 9.59 Å². The second-order valence-electron chi connectivity index (χ2n) is 8.08. The number of nitrogens with one attached hydrogen (secondary N) is 2. The number of nitrogens with zero attached hydrogens (tertiary/aromatic N) is 3. The molecule has 10 heteroatoms. The van der Waals surface area contributed by atoms with Crippen LogP contribution in [0.2, 0.25) is 0 Å². The molecule has 186 valence electrons. The van der Waals surface area contributed by atoms with Crippen molar-refractivity contribution in [3.05, 3.63) is 41.1 Å². The van der Waals surface area contributed by atoms with Crippen LogP contribution >= 0.6 is 0 Å². The number of carbonyl (C=O) groups is 3. The summed E-state index contributed by atoms with van der Waals surface area (Å²) < 4.78 is 10.7. The van der Waals surface area contributed by atoms with Gasteiger partial charge in [0.05, 0.1) is 25.3 Å². The van der Waals surface area contributed by atoms with Crippen molar-refractivity contribution in [1.29, 1.82) is 0 Å². The number of likely N-dealkylation sites (N-methyl/N-ethyl adjacent to an activating group) is 1. The van der Waals surface area contributed by atoms with E-state index in [0.717, 1.165) is 5.56 Å². The molecular formula is C24H35N5O5. The van der Waals surface area contributed by atoms with Gasteiger partial charge in [-0.05, 0) is 38.5 Å². The average Bonchev–Trinajstić information content (AvgIpc) is 2.84. The lowest BCUT2D eigenvalue weighted by Crippen LogP contribution is -2.55. The zero-order valence-corrected chi connectivity index (χ0v) is 20.4. The number of esters is 1. The number of piperazine rings is 1. The number of hydrogen-bond donors (Lipinski definition) is 2. The molecule has 0 spiro atoms. The summed E-state index contributed by atoms with van der Waals surface area (Å²) in [6.07, 6.45) is 0. The molecule has 2 aliphatic heterocycles. The molecule has 0 aliphatic carbocycles. The fourth-order valence-corrected chi connectivity index (χ4v) is 4.29. The van der Waals surface area contributed by atoms with Gasteiger partial charge in [0, 0.05) is 51.5 Å². The number of hydrogen-bond acceptors (Lipinski definition) is 6. The van der Waals surface area contributed by atoms with Gasteiger partial charge in [0.1, 0.15) is 5.75 Å². The van der Waals surface area contributed by atoms with E-state index >= 15 is 0 Å². The van der Waals surface area contributed by atoms with E-state index < -0.39 is 12.0 Å². The van der Waals surface area contributed by atoms with Gasteiger partial charge in [-0.15, -0.1) is 0 Å². The van der Waals surface area contributed by atoms with Crippen LogP contribution in [0.5, 0.6) is 5.75 Å². The lowest BCUT2D eigenvalue weighted by atomic mass is 9.94. The maximum Gasteiger partial charge on any atom is 0.338 e. The van der Waals surface area contributed by atoms with E-state index in [-0.39, 0.29) is 18.7 Å². The monoisotopic (exact) mass is 473 g/mol. The zero-order valence-electron chi connectivity index (χ0n) is 20.4. The molecule has 1 aromatic carbocycles. The fraction of sp³-hybridized carbons (Fsp3) is 0.542. The summed E-state index contributed by atoms with van der Waals surface area (Å²) in [7, 11) is 1.59. The highest BCUT2D eigenvalue weighted by Gasteiger charge is 2.38. The van der Waals surface area contributed by atoms with Crippen molar-refractivity contribution in [2.24, 2.45) is 0 Å². The Balaban J connectivity index is 1.92. The largest absolute Gasteiger partial charge is 0.497 e. The number of carbonyl (C=O) groups excluding carboxylic acids is 3. The minimum absolute atomic E-state index is 0.0691. The van der Waals surface area contributed by atoms with Crippen LogP contribution in [0.25, 0.3) is 0 Å². The van der Waals surface area contributed by atoms with Gasteiger partial charge >= 0.3 is 18.0 Å². The van der Waals surface area contributed by atoms with Crippen molar-refractivity contribution in [3.63, 3.8) is 0 Å². The van der Waals surface area contributed by atoms with Gasteiger partial charge in [0.15, 0.2) is 0 Å². The molecule has 4 amide bonds. The van der Waals surface area contributed by atoms with Crippen LogP contribution in [0.15, 0.2) is 35.5 Å². The zero-order chi connectivity index (χ0) is 24.7. The molecule has 0 aromatic heterocycles. The topological polar surface area (TPSA) is 103 Å². The summed E-state index contributed by atoms with van der Waals surface area (Å²) in [5, 5.41) is 5.80. The summed E-state index contributed by atoms with van der Waals surface area (Å²) in [4.78, 5) is 43.9. The highest BCUT2D eigenvalue weighted by molar-refractivity contribution is 5.95. The van der Waals surface area contributed by atoms with Gasteiger partial charge < -0.3 is 25.0 Å². The SMILES string of the molecule is CCNC(=O)N1CCN(CC2=C(C(=O)OCC)C(c3ccc(OC)cc3)NC(=O)N2CC)CC1. The van der Waals surface area contributed by atoms with E-state index in [4.69, 9.17) is 9.47 Å². The minimum Gasteiger partial charge on any atom is -0.497 e. The van der Waals surface area contributed by atoms with Crippen LogP contribution in [0.1, 0.15) is 32.4 Å². The average molecular weight is 474 g/mol. The van der Waals surface area contributed by atoms with E-state index in [1.807, 2.05) is 26.0 Å². The molecule has 2 heterocycles. The first-order valence-electron chi connectivity index (χ1n) is 11.8. The van der Waals surface area contributed by atoms with Gasteiger partial charge in [0.25, 0.3) is 0 Å². The third kappa shape index (κ3) is 5.61. The summed E-state index contributed by atoms with van der Waals surface area (Å²) in [6, 6.07) is 6.33. The molecule has 1 aromatic rings. The van der Waals surface area contributed by atoms with Crippen molar-refractivity contribution < 1.29 is 23.9 Å². The van der Waals surface area contributed by atoms with Crippen LogP contribution in [0.3, 0.4) is 0 Å². The summed E-state index contributed by atoms with van der Waals surface area (Å²) in [5.74, 6) is 0.241. The Kier molecular flexibility index (Phi) is 8.75. The molecule has 2 N–H and O–H groups in total. The predicted octanol–water partition coefficient (Wildman–Crippen LogP) is 1.95. The molecule has 0 bridgehead atoms. The van der Waals surface area contributed by atoms with Crippen LogP contribution in [-0.4, -0.2) is 92.3 Å². The third-order valence-electron chi connectivity index (χ3n) is 6.06. The molecule has 1 saturated heterocycles. The van der Waals surface area contributed by atoms with Crippen molar-refractivity contribution >= 4 is 18.0 Å². The second kappa shape index (κ2) is 11.7. The number of urea groups is 2. The van der Waals surface area contributed by atoms with Gasteiger partial charge in [-0.2, -0.15) is 0 Å². The van der Waals surface area contributed by atoms with Crippen LogP contribution in [-0.2, 0) is 9.53 Å². The minimum atomic E-state index is -0.633. The van der Waals surface area contributed by atoms with Crippen LogP contribution in [0, 0.1) is 0 Å². The molecule has 1 fully saturated rings. The Morgan fingerprint density at radius 3 is 2.32 bits per heavy atom. The van der Waals surface area contributed by atoms with Crippen molar-refractivity contribution in [2.45, 2.75) is 26.8 Å². The Labute approximate surface area is 200 Å². The molecule has 0 saturated carbocycles. The Morgan fingerprint density at radius 2 is 1.76 bits per heavy atom. The Hall–Kier alpha value is -3.27. The molecule has 3 rings (SSSR count). The summed E-state index contributed by atoms with van der Waals surface area (Å²) in [6.45, 7) is 9.61. The first-order valence-corrected chi connectivity index (χ1v) is 11.8. The van der Waals surface area contributed by atoms with E-state index in [1.165, 1.54) is 0 Å². The van der Waals surface area contributed by atoms with Gasteiger partial charge in [-0.3, -0.25) is 9.80 Å². The van der Waals surface area contributed by atoms with Crippen molar-refractivity contribution in [1.82, 2.24) is 25.3 Å². The van der Waals surface area contributed by atoms with E-state index in [2.05, 4.69) is 15.5 Å². The molecule has 2 aliphatic rings. The smallest absolute Gasteiger partial charge is 0.338 e. The first-order chi connectivity index (χ1) is 16.4. The van der Waals surface area contributed by atoms with E-state index in [1.54, 1.807) is 36.0 Å². The summed E-state index contributed by atoms with van der Waals surface area (Å²) >= 11 is 0. The second-order valence-corrected chi connectivity index (χ2v) is 8.08. The number of benzene rings is 1. The van der Waals surface area contributed by atoms with Gasteiger partial charge in [0.2, 0.25) is 0 Å². The molecule has 1 atom stereocenters. The lowest BCUT2D eigenvalue weighted by Gasteiger charge is -2.40. The quantitative estimate of drug-likeness (QED) is 0.560. The van der Waals surface area contributed by atoms with Crippen molar-refractivity contribution in [2.75, 3.05) is 59.5 Å². The maximum atomic E-state index is 13.2. The molecule has 1 unspecified atom stereocenters. The van der Waals surface area contributed by atoms with E-state index in [9.17, 15) is 14.4 Å². The van der Waals surface area contributed by atoms with Crippen LogP contribution < -0.4 is 15.4 Å². The predicted molar refractivity (Wildman–Crippen MR) is 127 cm³/mol. The highest BCUT2D eigenvalue weighted by Crippen LogP contribution is 2.33. The number of ether oxygens (including phenoxy) is 2. The molecular weight excluding hydrogens is 438 g/mol. The number of amides is 4. The van der Waals surface area contributed by atoms with Gasteiger partial charge in [-0.25, -0.2) is 14.4 Å². The first kappa shape index (κ1) is 25.4. The molecule has 0 radical (unpaired) electrons. The Morgan fingerprint density at radius 1 is 1.09 bits per heavy atom. The van der Waals surface area contributed by atoms with Gasteiger partial charge in [-0.1, -0.05) is 12.1 Å². The third-order valence-corrected chi connectivity index (χ3v) is 6.06. The normalized spacial score (nSPS) is 19.1.